The number of rotatable bonds is 4. The van der Waals surface area contributed by atoms with Gasteiger partial charge in [-0.2, -0.15) is 0 Å². The van der Waals surface area contributed by atoms with E-state index < -0.39 is 11.6 Å². The standard InChI is InChI=1S/C40H47F2NO/c1-37(2,3)23-40(10,11)26-20-31(28-15-14-27(41)22-32(28)42)36(44)35(21-26)43-33-16-12-24(38(4,5)6)18-29(33)30-19-25(39(7,8)9)13-17-34(30)43/h12-22,44H,23H2,1-11H3. The van der Waals surface area contributed by atoms with Crippen molar-refractivity contribution in [3.05, 3.63) is 95.1 Å². The summed E-state index contributed by atoms with van der Waals surface area (Å²) < 4.78 is 31.5. The van der Waals surface area contributed by atoms with Gasteiger partial charge in [-0.25, -0.2) is 8.78 Å². The number of aromatic nitrogens is 1. The van der Waals surface area contributed by atoms with Crippen molar-refractivity contribution in [2.75, 3.05) is 0 Å². The second kappa shape index (κ2) is 10.5. The van der Waals surface area contributed by atoms with Crippen LogP contribution in [0.25, 0.3) is 38.6 Å². The zero-order chi connectivity index (χ0) is 32.6. The summed E-state index contributed by atoms with van der Waals surface area (Å²) in [4.78, 5) is 0. The van der Waals surface area contributed by atoms with E-state index in [2.05, 4.69) is 123 Å². The lowest BCUT2D eigenvalue weighted by Crippen LogP contribution is -2.25. The predicted molar refractivity (Wildman–Crippen MR) is 182 cm³/mol. The quantitative estimate of drug-likeness (QED) is 0.220. The Morgan fingerprint density at radius 1 is 0.591 bits per heavy atom. The lowest BCUT2D eigenvalue weighted by molar-refractivity contribution is 0.284. The molecule has 1 heterocycles. The zero-order valence-corrected chi connectivity index (χ0v) is 28.2. The second-order valence-electron chi connectivity index (χ2n) is 16.4. The van der Waals surface area contributed by atoms with E-state index in [1.807, 2.05) is 6.07 Å². The Morgan fingerprint density at radius 3 is 1.57 bits per heavy atom. The number of benzene rings is 4. The lowest BCUT2D eigenvalue weighted by atomic mass is 9.71. The minimum absolute atomic E-state index is 0.0302. The van der Waals surface area contributed by atoms with Gasteiger partial charge >= 0.3 is 0 Å². The molecule has 0 radical (unpaired) electrons. The van der Waals surface area contributed by atoms with E-state index in [9.17, 15) is 9.50 Å². The molecule has 1 N–H and O–H groups in total. The molecule has 0 aliphatic carbocycles. The fourth-order valence-electron chi connectivity index (χ4n) is 6.74. The van der Waals surface area contributed by atoms with Gasteiger partial charge in [0.1, 0.15) is 17.4 Å². The number of nitrogens with zero attached hydrogens (tertiary/aromatic N) is 1. The van der Waals surface area contributed by atoms with E-state index in [0.717, 1.165) is 39.9 Å². The summed E-state index contributed by atoms with van der Waals surface area (Å²) in [5, 5.41) is 14.2. The van der Waals surface area contributed by atoms with Crippen molar-refractivity contribution in [2.45, 2.75) is 98.8 Å². The van der Waals surface area contributed by atoms with Crippen LogP contribution in [-0.2, 0) is 16.2 Å². The third-order valence-electron chi connectivity index (χ3n) is 8.80. The number of fused-ring (bicyclic) bond motifs is 3. The molecule has 232 valence electrons. The van der Waals surface area contributed by atoms with E-state index in [1.165, 1.54) is 23.3 Å². The number of phenols is 1. The van der Waals surface area contributed by atoms with E-state index in [-0.39, 0.29) is 33.0 Å². The highest BCUT2D eigenvalue weighted by Crippen LogP contribution is 2.46. The van der Waals surface area contributed by atoms with E-state index in [1.54, 1.807) is 0 Å². The molecule has 0 aliphatic rings. The van der Waals surface area contributed by atoms with Gasteiger partial charge in [-0.1, -0.05) is 88.3 Å². The van der Waals surface area contributed by atoms with Crippen molar-refractivity contribution in [1.82, 2.24) is 4.57 Å². The average Bonchev–Trinajstić information content (AvgIpc) is 3.20. The van der Waals surface area contributed by atoms with Crippen molar-refractivity contribution < 1.29 is 13.9 Å². The van der Waals surface area contributed by atoms with Gasteiger partial charge in [-0.05, 0) is 93.3 Å². The number of hydrogen-bond donors (Lipinski definition) is 1. The van der Waals surface area contributed by atoms with Gasteiger partial charge in [0.05, 0.1) is 16.7 Å². The molecule has 0 atom stereocenters. The smallest absolute Gasteiger partial charge is 0.147 e. The van der Waals surface area contributed by atoms with Crippen LogP contribution in [0.5, 0.6) is 5.75 Å². The summed E-state index contributed by atoms with van der Waals surface area (Å²) >= 11 is 0. The largest absolute Gasteiger partial charge is 0.505 e. The summed E-state index contributed by atoms with van der Waals surface area (Å²) in [6, 6.07) is 20.6. The first kappa shape index (κ1) is 31.8. The molecule has 5 rings (SSSR count). The van der Waals surface area contributed by atoms with Crippen LogP contribution < -0.4 is 0 Å². The van der Waals surface area contributed by atoms with E-state index >= 15 is 4.39 Å². The molecule has 0 saturated heterocycles. The van der Waals surface area contributed by atoms with Crippen LogP contribution in [-0.4, -0.2) is 9.67 Å². The Morgan fingerprint density at radius 2 is 1.11 bits per heavy atom. The first-order valence-electron chi connectivity index (χ1n) is 15.6. The summed E-state index contributed by atoms with van der Waals surface area (Å²) in [7, 11) is 0. The maximum atomic E-state index is 15.4. The van der Waals surface area contributed by atoms with E-state index in [0.29, 0.717) is 11.3 Å². The fraction of sp³-hybridized carbons (Fsp3) is 0.400. The van der Waals surface area contributed by atoms with Gasteiger partial charge < -0.3 is 9.67 Å². The molecule has 0 saturated carbocycles. The normalized spacial score (nSPS) is 13.3. The molecule has 4 heteroatoms. The Labute approximate surface area is 261 Å². The highest BCUT2D eigenvalue weighted by atomic mass is 19.1. The molecular weight excluding hydrogens is 548 g/mol. The van der Waals surface area contributed by atoms with Crippen LogP contribution >= 0.6 is 0 Å². The molecule has 0 unspecified atom stereocenters. The van der Waals surface area contributed by atoms with Gasteiger partial charge in [-0.3, -0.25) is 0 Å². The number of phenolic OH excluding ortho intramolecular Hbond substituents is 1. The van der Waals surface area contributed by atoms with Crippen LogP contribution in [0.3, 0.4) is 0 Å². The van der Waals surface area contributed by atoms with Crippen LogP contribution in [0.2, 0.25) is 0 Å². The van der Waals surface area contributed by atoms with Crippen molar-refractivity contribution >= 4 is 21.8 Å². The van der Waals surface area contributed by atoms with Crippen LogP contribution in [0.15, 0.2) is 66.7 Å². The first-order valence-corrected chi connectivity index (χ1v) is 15.6. The molecule has 0 bridgehead atoms. The van der Waals surface area contributed by atoms with Crippen LogP contribution in [0.4, 0.5) is 8.78 Å². The first-order chi connectivity index (χ1) is 20.2. The van der Waals surface area contributed by atoms with Crippen molar-refractivity contribution in [1.29, 1.82) is 0 Å². The molecule has 2 nitrogen and oxygen atoms in total. The van der Waals surface area contributed by atoms with Crippen LogP contribution in [0, 0.1) is 17.0 Å². The summed E-state index contributed by atoms with van der Waals surface area (Å²) in [6.07, 6.45) is 0.868. The van der Waals surface area contributed by atoms with Crippen molar-refractivity contribution in [3.8, 4) is 22.6 Å². The van der Waals surface area contributed by atoms with Gasteiger partial charge in [0, 0.05) is 28.0 Å². The predicted octanol–water partition coefficient (Wildman–Crippen LogP) is 11.7. The Hall–Kier alpha value is -3.66. The maximum absolute atomic E-state index is 15.4. The Kier molecular flexibility index (Phi) is 7.55. The Balaban J connectivity index is 1.92. The molecule has 0 amide bonds. The number of hydrogen-bond acceptors (Lipinski definition) is 1. The topological polar surface area (TPSA) is 25.2 Å². The SMILES string of the molecule is CC(C)(C)CC(C)(C)c1cc(-c2ccc(F)cc2F)c(O)c(-n2c3ccc(C(C)(C)C)cc3c3cc(C(C)(C)C)ccc32)c1. The third kappa shape index (κ3) is 5.88. The molecule has 4 aromatic carbocycles. The van der Waals surface area contributed by atoms with Gasteiger partial charge in [0.2, 0.25) is 0 Å². The van der Waals surface area contributed by atoms with Gasteiger partial charge in [-0.15, -0.1) is 0 Å². The minimum Gasteiger partial charge on any atom is -0.505 e. The van der Waals surface area contributed by atoms with E-state index in [4.69, 9.17) is 0 Å². The average molecular weight is 596 g/mol. The molecular formula is C40H47F2NO. The van der Waals surface area contributed by atoms with Gasteiger partial charge in [0.25, 0.3) is 0 Å². The molecule has 44 heavy (non-hydrogen) atoms. The highest BCUT2D eigenvalue weighted by Gasteiger charge is 2.31. The zero-order valence-electron chi connectivity index (χ0n) is 28.2. The number of aromatic hydroxyl groups is 1. The van der Waals surface area contributed by atoms with Gasteiger partial charge in [0.15, 0.2) is 0 Å². The fourth-order valence-corrected chi connectivity index (χ4v) is 6.74. The molecule has 5 aromatic rings. The molecule has 1 aromatic heterocycles. The molecule has 0 spiro atoms. The number of halogens is 2. The minimum atomic E-state index is -0.705. The molecule has 0 fully saturated rings. The maximum Gasteiger partial charge on any atom is 0.147 e. The monoisotopic (exact) mass is 595 g/mol. The summed E-state index contributed by atoms with van der Waals surface area (Å²) in [5.74, 6) is -1.39. The lowest BCUT2D eigenvalue weighted by Gasteiger charge is -2.34. The third-order valence-corrected chi connectivity index (χ3v) is 8.80. The second-order valence-corrected chi connectivity index (χ2v) is 16.4. The highest BCUT2D eigenvalue weighted by molar-refractivity contribution is 6.10. The summed E-state index contributed by atoms with van der Waals surface area (Å²) in [5.41, 5.74) is 6.10. The van der Waals surface area contributed by atoms with Crippen molar-refractivity contribution in [3.63, 3.8) is 0 Å². The summed E-state index contributed by atoms with van der Waals surface area (Å²) in [6.45, 7) is 24.3. The Bertz CT molecular complexity index is 1820. The molecule has 0 aliphatic heterocycles. The van der Waals surface area contributed by atoms with Crippen LogP contribution in [0.1, 0.15) is 99.3 Å². The van der Waals surface area contributed by atoms with Crippen molar-refractivity contribution in [2.24, 2.45) is 5.41 Å².